The molecule has 1 aliphatic heterocycles. The summed E-state index contributed by atoms with van der Waals surface area (Å²) in [7, 11) is 2.06. The van der Waals surface area contributed by atoms with Gasteiger partial charge in [-0.25, -0.2) is 4.79 Å². The van der Waals surface area contributed by atoms with E-state index in [4.69, 9.17) is 15.0 Å². The summed E-state index contributed by atoms with van der Waals surface area (Å²) < 4.78 is 0. The Balaban J connectivity index is 0.000000310. The zero-order chi connectivity index (χ0) is 10.3. The van der Waals surface area contributed by atoms with E-state index in [9.17, 15) is 0 Å². The highest BCUT2D eigenvalue weighted by Crippen LogP contribution is 2.01. The van der Waals surface area contributed by atoms with Crippen LogP contribution in [-0.2, 0) is 0 Å². The molecule has 0 fully saturated rings. The van der Waals surface area contributed by atoms with Gasteiger partial charge in [0.15, 0.2) is 0 Å². The Morgan fingerprint density at radius 1 is 1.62 bits per heavy atom. The van der Waals surface area contributed by atoms with Gasteiger partial charge < -0.3 is 20.0 Å². The van der Waals surface area contributed by atoms with Crippen LogP contribution in [0.4, 0.5) is 4.79 Å². The molecule has 1 heterocycles. The van der Waals surface area contributed by atoms with Crippen LogP contribution in [0, 0.1) is 0 Å². The van der Waals surface area contributed by atoms with Crippen molar-refractivity contribution in [3.05, 3.63) is 25.1 Å². The van der Waals surface area contributed by atoms with Gasteiger partial charge in [0.2, 0.25) is 0 Å². The highest BCUT2D eigenvalue weighted by molar-refractivity contribution is 5.53. The molecule has 0 aromatic heterocycles. The molecule has 13 heavy (non-hydrogen) atoms. The fourth-order valence-corrected chi connectivity index (χ4v) is 0.873. The summed E-state index contributed by atoms with van der Waals surface area (Å²) in [5.74, 6) is 0. The third kappa shape index (κ3) is 6.74. The van der Waals surface area contributed by atoms with E-state index in [1.807, 2.05) is 6.08 Å². The maximum absolute atomic E-state index is 8.56. The predicted octanol–water partition coefficient (Wildman–Crippen LogP) is 1.07. The third-order valence-electron chi connectivity index (χ3n) is 1.30. The van der Waals surface area contributed by atoms with Crippen LogP contribution in [0.1, 0.15) is 0 Å². The number of hydrogen-bond acceptors (Lipinski definition) is 3. The minimum absolute atomic E-state index is 0.945. The molecule has 1 aliphatic rings. The Kier molecular flexibility index (Phi) is 5.18. The van der Waals surface area contributed by atoms with E-state index in [1.54, 1.807) is 0 Å². The van der Waals surface area contributed by atoms with Crippen molar-refractivity contribution in [1.82, 2.24) is 9.80 Å². The van der Waals surface area contributed by atoms with E-state index in [2.05, 4.69) is 35.8 Å². The van der Waals surface area contributed by atoms with Gasteiger partial charge >= 0.3 is 6.16 Å². The molecule has 1 rings (SSSR count). The molecular formula is C8H14N2O3. The van der Waals surface area contributed by atoms with Crippen LogP contribution in [0.15, 0.2) is 25.1 Å². The summed E-state index contributed by atoms with van der Waals surface area (Å²) in [6, 6.07) is 0. The lowest BCUT2D eigenvalue weighted by Gasteiger charge is -2.15. The molecule has 0 bridgehead atoms. The quantitative estimate of drug-likeness (QED) is 0.631. The second-order valence-corrected chi connectivity index (χ2v) is 2.54. The van der Waals surface area contributed by atoms with E-state index >= 15 is 0 Å². The van der Waals surface area contributed by atoms with Crippen molar-refractivity contribution in [1.29, 1.82) is 0 Å². The third-order valence-corrected chi connectivity index (χ3v) is 1.30. The van der Waals surface area contributed by atoms with Crippen LogP contribution < -0.4 is 0 Å². The first kappa shape index (κ1) is 11.4. The van der Waals surface area contributed by atoms with Crippen LogP contribution >= 0.6 is 0 Å². The Bertz CT molecular complexity index is 200. The zero-order valence-corrected chi connectivity index (χ0v) is 7.55. The van der Waals surface area contributed by atoms with Gasteiger partial charge in [-0.2, -0.15) is 0 Å². The highest BCUT2D eigenvalue weighted by atomic mass is 16.6. The van der Waals surface area contributed by atoms with Gasteiger partial charge in [0.25, 0.3) is 0 Å². The smallest absolute Gasteiger partial charge is 0.450 e. The van der Waals surface area contributed by atoms with E-state index < -0.39 is 6.16 Å². The molecule has 0 saturated heterocycles. The second-order valence-electron chi connectivity index (χ2n) is 2.54. The molecule has 74 valence electrons. The van der Waals surface area contributed by atoms with E-state index in [-0.39, 0.29) is 0 Å². The lowest BCUT2D eigenvalue weighted by atomic mass is 10.6. The van der Waals surface area contributed by atoms with Crippen molar-refractivity contribution in [2.45, 2.75) is 0 Å². The van der Waals surface area contributed by atoms with Crippen LogP contribution in [0.3, 0.4) is 0 Å². The topological polar surface area (TPSA) is 64.0 Å². The maximum Gasteiger partial charge on any atom is 0.503 e. The molecule has 0 aliphatic carbocycles. The molecule has 0 atom stereocenters. The van der Waals surface area contributed by atoms with E-state index in [0.29, 0.717) is 0 Å². The monoisotopic (exact) mass is 186 g/mol. The van der Waals surface area contributed by atoms with Crippen LogP contribution in [0.2, 0.25) is 0 Å². The summed E-state index contributed by atoms with van der Waals surface area (Å²) in [5.41, 5.74) is 0. The molecule has 0 saturated carbocycles. The first-order chi connectivity index (χ1) is 6.06. The number of rotatable bonds is 2. The standard InChI is InChI=1S/C7H12N2.CH2O3/c1-3-4-9-6-5-8(2)7-9;2-1(3)4/h3,5-6H,1,4,7H2,2H3;(H2,2,3,4). The molecule has 2 N–H and O–H groups in total. The van der Waals surface area contributed by atoms with Crippen molar-refractivity contribution in [2.24, 2.45) is 0 Å². The van der Waals surface area contributed by atoms with Crippen LogP contribution in [0.5, 0.6) is 0 Å². The molecule has 0 aromatic rings. The number of carboxylic acid groups (broad SMARTS) is 2. The number of nitrogens with zero attached hydrogens (tertiary/aromatic N) is 2. The SMILES string of the molecule is C=CCN1C=CN(C)C1.O=C(O)O. The van der Waals surface area contributed by atoms with Gasteiger partial charge in [-0.1, -0.05) is 6.08 Å². The molecule has 5 heteroatoms. The van der Waals surface area contributed by atoms with Gasteiger partial charge in [0.1, 0.15) is 0 Å². The Morgan fingerprint density at radius 2 is 2.15 bits per heavy atom. The summed E-state index contributed by atoms with van der Waals surface area (Å²) in [6.45, 7) is 5.59. The molecule has 0 spiro atoms. The van der Waals surface area contributed by atoms with E-state index in [0.717, 1.165) is 13.2 Å². The summed E-state index contributed by atoms with van der Waals surface area (Å²) in [4.78, 5) is 12.9. The van der Waals surface area contributed by atoms with Crippen molar-refractivity contribution in [3.8, 4) is 0 Å². The molecule has 5 nitrogen and oxygen atoms in total. The lowest BCUT2D eigenvalue weighted by molar-refractivity contribution is 0.137. The Hall–Kier alpha value is -1.65. The van der Waals surface area contributed by atoms with Crippen LogP contribution in [0.25, 0.3) is 0 Å². The summed E-state index contributed by atoms with van der Waals surface area (Å²) in [5, 5.41) is 13.9. The first-order valence-corrected chi connectivity index (χ1v) is 3.71. The van der Waals surface area contributed by atoms with Gasteiger partial charge in [-0.15, -0.1) is 6.58 Å². The maximum atomic E-state index is 8.56. The van der Waals surface area contributed by atoms with Crippen LogP contribution in [-0.4, -0.2) is 46.4 Å². The zero-order valence-electron chi connectivity index (χ0n) is 7.55. The predicted molar refractivity (Wildman–Crippen MR) is 49.3 cm³/mol. The van der Waals surface area contributed by atoms with Gasteiger partial charge in [-0.05, 0) is 0 Å². The minimum atomic E-state index is -1.83. The van der Waals surface area contributed by atoms with Gasteiger partial charge in [0.05, 0.1) is 6.67 Å². The fraction of sp³-hybridized carbons (Fsp3) is 0.375. The van der Waals surface area contributed by atoms with Gasteiger partial charge in [0, 0.05) is 26.0 Å². The van der Waals surface area contributed by atoms with Gasteiger partial charge in [-0.3, -0.25) is 0 Å². The first-order valence-electron chi connectivity index (χ1n) is 3.71. The molecule has 0 aromatic carbocycles. The van der Waals surface area contributed by atoms with Crippen molar-refractivity contribution < 1.29 is 15.0 Å². The molecule has 0 unspecified atom stereocenters. The Labute approximate surface area is 77.2 Å². The summed E-state index contributed by atoms with van der Waals surface area (Å²) >= 11 is 0. The summed E-state index contributed by atoms with van der Waals surface area (Å²) in [6.07, 6.45) is 4.20. The normalized spacial score (nSPS) is 13.6. The number of carbonyl (C=O) groups is 1. The average Bonchev–Trinajstić information content (AvgIpc) is 2.35. The Morgan fingerprint density at radius 3 is 2.46 bits per heavy atom. The molecule has 0 amide bonds. The van der Waals surface area contributed by atoms with Crippen molar-refractivity contribution in [2.75, 3.05) is 20.3 Å². The second kappa shape index (κ2) is 5.93. The minimum Gasteiger partial charge on any atom is -0.450 e. The van der Waals surface area contributed by atoms with E-state index in [1.165, 1.54) is 0 Å². The number of hydrogen-bond donors (Lipinski definition) is 2. The fourth-order valence-electron chi connectivity index (χ4n) is 0.873. The highest BCUT2D eigenvalue weighted by Gasteiger charge is 2.04. The largest absolute Gasteiger partial charge is 0.503 e. The van der Waals surface area contributed by atoms with Crippen molar-refractivity contribution in [3.63, 3.8) is 0 Å². The average molecular weight is 186 g/mol. The molecule has 0 radical (unpaired) electrons. The lowest BCUT2D eigenvalue weighted by Crippen LogP contribution is -2.21. The molecular weight excluding hydrogens is 172 g/mol. The van der Waals surface area contributed by atoms with Crippen molar-refractivity contribution >= 4 is 6.16 Å².